The molecule has 0 saturated carbocycles. The van der Waals surface area contributed by atoms with Gasteiger partial charge in [0.2, 0.25) is 5.91 Å². The number of thioether (sulfide) groups is 1. The summed E-state index contributed by atoms with van der Waals surface area (Å²) in [5.74, 6) is 2.05. The Bertz CT molecular complexity index is 1530. The number of nitrogens with one attached hydrogen (secondary N) is 1. The Kier molecular flexibility index (Phi) is 6.01. The maximum atomic E-state index is 12.9. The second kappa shape index (κ2) is 9.75. The van der Waals surface area contributed by atoms with Crippen molar-refractivity contribution < 1.29 is 14.3 Å². The molecule has 36 heavy (non-hydrogen) atoms. The van der Waals surface area contributed by atoms with Crippen molar-refractivity contribution in [1.29, 1.82) is 0 Å². The number of carbonyl (C=O) groups is 1. The summed E-state index contributed by atoms with van der Waals surface area (Å²) >= 11 is 1.33. The van der Waals surface area contributed by atoms with Crippen LogP contribution >= 0.6 is 11.8 Å². The molecule has 1 atom stereocenters. The monoisotopic (exact) mass is 494 g/mol. The summed E-state index contributed by atoms with van der Waals surface area (Å²) < 4.78 is 14.0. The molecule has 178 valence electrons. The van der Waals surface area contributed by atoms with E-state index in [1.165, 1.54) is 11.8 Å². The highest BCUT2D eigenvalue weighted by Gasteiger charge is 2.29. The Morgan fingerprint density at radius 3 is 2.53 bits per heavy atom. The fourth-order valence-corrected chi connectivity index (χ4v) is 4.96. The standard InChI is InChI=1S/C28H22N4O3S/c33-26(29-22-14-8-10-19-9-4-5-13-21(19)22)18-36-28-31-30-27(32(28)20-11-2-1-3-12-20)25-17-34-23-15-6-7-16-24(23)35-25/h1-16,25H,17-18H2,(H,29,33). The molecule has 0 spiro atoms. The quantitative estimate of drug-likeness (QED) is 0.307. The van der Waals surface area contributed by atoms with Gasteiger partial charge in [-0.05, 0) is 35.7 Å². The summed E-state index contributed by atoms with van der Waals surface area (Å²) in [5, 5.41) is 14.6. The molecule has 1 aliphatic heterocycles. The molecule has 7 nitrogen and oxygen atoms in total. The van der Waals surface area contributed by atoms with Crippen molar-refractivity contribution in [3.8, 4) is 17.2 Å². The first-order chi connectivity index (χ1) is 17.8. The van der Waals surface area contributed by atoms with Gasteiger partial charge < -0.3 is 14.8 Å². The summed E-state index contributed by atoms with van der Waals surface area (Å²) in [6.45, 7) is 0.314. The molecule has 4 aromatic carbocycles. The number of fused-ring (bicyclic) bond motifs is 2. The van der Waals surface area contributed by atoms with E-state index in [0.29, 0.717) is 29.1 Å². The van der Waals surface area contributed by atoms with Gasteiger partial charge in [0.25, 0.3) is 0 Å². The fourth-order valence-electron chi connectivity index (χ4n) is 4.20. The van der Waals surface area contributed by atoms with Crippen LogP contribution in [-0.4, -0.2) is 33.0 Å². The molecule has 0 bridgehead atoms. The van der Waals surface area contributed by atoms with E-state index in [1.54, 1.807) is 0 Å². The van der Waals surface area contributed by atoms with Crippen molar-refractivity contribution in [1.82, 2.24) is 14.8 Å². The number of ether oxygens (including phenoxy) is 2. The third-order valence-electron chi connectivity index (χ3n) is 5.87. The highest BCUT2D eigenvalue weighted by atomic mass is 32.2. The molecular formula is C28H22N4O3S. The van der Waals surface area contributed by atoms with E-state index in [4.69, 9.17) is 9.47 Å². The summed E-state index contributed by atoms with van der Waals surface area (Å²) in [6.07, 6.45) is -0.438. The van der Waals surface area contributed by atoms with Gasteiger partial charge in [-0.1, -0.05) is 78.5 Å². The van der Waals surface area contributed by atoms with Gasteiger partial charge in [0, 0.05) is 16.8 Å². The first kappa shape index (κ1) is 22.2. The summed E-state index contributed by atoms with van der Waals surface area (Å²) in [6, 6.07) is 31.2. The van der Waals surface area contributed by atoms with Crippen LogP contribution in [0.2, 0.25) is 0 Å². The van der Waals surface area contributed by atoms with Crippen molar-refractivity contribution in [3.05, 3.63) is 103 Å². The lowest BCUT2D eigenvalue weighted by molar-refractivity contribution is -0.113. The van der Waals surface area contributed by atoms with Crippen molar-refractivity contribution in [2.45, 2.75) is 11.3 Å². The minimum Gasteiger partial charge on any atom is -0.485 e. The summed E-state index contributed by atoms with van der Waals surface area (Å²) in [4.78, 5) is 12.9. The minimum absolute atomic E-state index is 0.119. The Labute approximate surface area is 212 Å². The zero-order valence-electron chi connectivity index (χ0n) is 19.2. The van der Waals surface area contributed by atoms with E-state index in [2.05, 4.69) is 15.5 Å². The molecule has 0 saturated heterocycles. The zero-order valence-corrected chi connectivity index (χ0v) is 20.0. The third kappa shape index (κ3) is 4.38. The highest BCUT2D eigenvalue weighted by Crippen LogP contribution is 2.37. The Morgan fingerprint density at radius 1 is 0.889 bits per heavy atom. The van der Waals surface area contributed by atoms with E-state index in [-0.39, 0.29) is 11.7 Å². The van der Waals surface area contributed by atoms with Crippen molar-refractivity contribution in [2.24, 2.45) is 0 Å². The Hall–Kier alpha value is -4.30. The number of hydrogen-bond acceptors (Lipinski definition) is 6. The van der Waals surface area contributed by atoms with Crippen LogP contribution in [0.15, 0.2) is 102 Å². The van der Waals surface area contributed by atoms with Gasteiger partial charge in [-0.3, -0.25) is 9.36 Å². The first-order valence-corrected chi connectivity index (χ1v) is 12.5. The maximum absolute atomic E-state index is 12.9. The number of benzene rings is 4. The van der Waals surface area contributed by atoms with E-state index in [1.807, 2.05) is 102 Å². The average Bonchev–Trinajstić information content (AvgIpc) is 3.36. The highest BCUT2D eigenvalue weighted by molar-refractivity contribution is 7.99. The van der Waals surface area contributed by atoms with Crippen LogP contribution in [0.1, 0.15) is 11.9 Å². The lowest BCUT2D eigenvalue weighted by atomic mass is 10.1. The van der Waals surface area contributed by atoms with Crippen molar-refractivity contribution in [3.63, 3.8) is 0 Å². The summed E-state index contributed by atoms with van der Waals surface area (Å²) in [7, 11) is 0. The predicted octanol–water partition coefficient (Wildman–Crippen LogP) is 5.66. The minimum atomic E-state index is -0.438. The van der Waals surface area contributed by atoms with Gasteiger partial charge >= 0.3 is 0 Å². The topological polar surface area (TPSA) is 78.3 Å². The second-order valence-corrected chi connectivity index (χ2v) is 9.18. The predicted molar refractivity (Wildman–Crippen MR) is 140 cm³/mol. The first-order valence-electron chi connectivity index (χ1n) is 11.6. The molecule has 1 amide bonds. The van der Waals surface area contributed by atoms with E-state index >= 15 is 0 Å². The lowest BCUT2D eigenvalue weighted by Gasteiger charge is -2.26. The van der Waals surface area contributed by atoms with E-state index in [0.717, 1.165) is 22.1 Å². The molecule has 0 fully saturated rings. The van der Waals surface area contributed by atoms with Crippen molar-refractivity contribution in [2.75, 3.05) is 17.7 Å². The largest absolute Gasteiger partial charge is 0.485 e. The number of rotatable bonds is 6. The SMILES string of the molecule is O=C(CSc1nnc(C2COc3ccccc3O2)n1-c1ccccc1)Nc1cccc2ccccc12. The van der Waals surface area contributed by atoms with Crippen LogP contribution < -0.4 is 14.8 Å². The number of nitrogens with zero attached hydrogens (tertiary/aromatic N) is 3. The molecule has 1 aliphatic rings. The summed E-state index contributed by atoms with van der Waals surface area (Å²) in [5.41, 5.74) is 1.67. The number of aromatic nitrogens is 3. The van der Waals surface area contributed by atoms with E-state index in [9.17, 15) is 4.79 Å². The molecule has 8 heteroatoms. The van der Waals surface area contributed by atoms with Gasteiger partial charge in [0.05, 0.1) is 5.75 Å². The molecule has 1 N–H and O–H groups in total. The molecule has 1 aromatic heterocycles. The fraction of sp³-hybridized carbons (Fsp3) is 0.107. The van der Waals surface area contributed by atoms with Crippen LogP contribution in [0.25, 0.3) is 16.5 Å². The smallest absolute Gasteiger partial charge is 0.234 e. The Morgan fingerprint density at radius 2 is 1.64 bits per heavy atom. The van der Waals surface area contributed by atoms with Crippen molar-refractivity contribution >= 4 is 34.1 Å². The molecule has 2 heterocycles. The Balaban J connectivity index is 1.24. The molecule has 6 rings (SSSR count). The molecule has 5 aromatic rings. The third-order valence-corrected chi connectivity index (χ3v) is 6.79. The molecular weight excluding hydrogens is 472 g/mol. The maximum Gasteiger partial charge on any atom is 0.234 e. The van der Waals surface area contributed by atoms with Gasteiger partial charge in [-0.2, -0.15) is 0 Å². The average molecular weight is 495 g/mol. The number of anilines is 1. The van der Waals surface area contributed by atoms with Crippen LogP contribution in [0.5, 0.6) is 11.5 Å². The van der Waals surface area contributed by atoms with Crippen LogP contribution in [0, 0.1) is 0 Å². The van der Waals surface area contributed by atoms with Crippen LogP contribution in [0.4, 0.5) is 5.69 Å². The number of carbonyl (C=O) groups excluding carboxylic acids is 1. The van der Waals surface area contributed by atoms with Gasteiger partial charge in [0.15, 0.2) is 28.6 Å². The normalized spacial score (nSPS) is 14.5. The van der Waals surface area contributed by atoms with Crippen LogP contribution in [0.3, 0.4) is 0 Å². The van der Waals surface area contributed by atoms with Gasteiger partial charge in [-0.15, -0.1) is 10.2 Å². The van der Waals surface area contributed by atoms with Gasteiger partial charge in [0.1, 0.15) is 6.61 Å². The number of para-hydroxylation sites is 3. The van der Waals surface area contributed by atoms with Crippen LogP contribution in [-0.2, 0) is 4.79 Å². The lowest BCUT2D eigenvalue weighted by Crippen LogP contribution is -2.24. The molecule has 0 aliphatic carbocycles. The molecule has 0 radical (unpaired) electrons. The zero-order chi connectivity index (χ0) is 24.3. The van der Waals surface area contributed by atoms with Gasteiger partial charge in [-0.25, -0.2) is 0 Å². The second-order valence-electron chi connectivity index (χ2n) is 8.24. The molecule has 1 unspecified atom stereocenters. The number of hydrogen-bond donors (Lipinski definition) is 1. The number of amides is 1. The van der Waals surface area contributed by atoms with E-state index < -0.39 is 6.10 Å².